The average Bonchev–Trinajstić information content (AvgIpc) is 1.25. The largest absolute Gasteiger partial charge is 0.370 e. The Kier molecular flexibility index (Phi) is 36.3. The highest BCUT2D eigenvalue weighted by Gasteiger charge is 2.38. The standard InChI is InChI=1S/C61H100N18O14/c1-10-36(8)52(61(93)73-40(20-14-16-24-62)53(85)68-29-46(65)82)79-60(92)51(35(6)7)76-56(88)42(22-23-45(64)81)72-48(84)31-69-54(86)43(26-38-18-12-11-13-19-38)75-58(90)49(33(2)3)78-59(91)50(34(4)5)77-57(89)44(27-39-28-66-32-70-39)74-55(87)41(21-15-17-25-63)71-47(83)30-67-37(9)80/h11-13,18-19,28,32-36,40-44,49-52H,10,14-17,20-27,29-31,62-63H2,1-9H3,(H2,64,81)(H2,65,82)(H,66,70)(H,67,80)(H,68,85)(H,69,86)(H,71,83)(H,72,84)(H,73,93)(H,74,87)(H,75,90)(H,76,88)(H,77,89)(H,78,91)(H,79,92)/t36-,40-,41-,42-,43-,44-,49-,50-,51-,52-/m0/s1. The first-order valence-corrected chi connectivity index (χ1v) is 31.4. The zero-order valence-electron chi connectivity index (χ0n) is 54.8. The van der Waals surface area contributed by atoms with Crippen molar-refractivity contribution in [1.29, 1.82) is 0 Å². The molecule has 14 amide bonds. The molecule has 0 saturated carbocycles. The first-order valence-electron chi connectivity index (χ1n) is 31.4. The van der Waals surface area contributed by atoms with Crippen LogP contribution in [0.3, 0.4) is 0 Å². The fourth-order valence-electron chi connectivity index (χ4n) is 9.34. The highest BCUT2D eigenvalue weighted by atomic mass is 16.2. The SMILES string of the molecule is CC[C@H](C)[C@H](NC(=O)[C@@H](NC(=O)[C@H](CCC(N)=O)NC(=O)CNC(=O)[C@H](Cc1ccccc1)NC(=O)[C@@H](NC(=O)[C@@H](NC(=O)[C@H](Cc1cnc[nH]1)NC(=O)[C@H](CCCCN)NC(=O)CNC(C)=O)C(C)C)C(C)C)C(C)C)C(=O)N[C@@H](CCCCN)C(=O)NCC(N)=O. The van der Waals surface area contributed by atoms with Crippen molar-refractivity contribution in [3.05, 3.63) is 54.1 Å². The zero-order chi connectivity index (χ0) is 69.9. The third-order valence-corrected chi connectivity index (χ3v) is 14.9. The number of H-pyrrole nitrogens is 1. The van der Waals surface area contributed by atoms with Crippen LogP contribution in [0, 0.1) is 23.7 Å². The first kappa shape index (κ1) is 80.0. The second-order valence-corrected chi connectivity index (χ2v) is 23.8. The van der Waals surface area contributed by atoms with Crippen LogP contribution < -0.4 is 86.7 Å². The van der Waals surface area contributed by atoms with E-state index in [0.29, 0.717) is 56.5 Å². The normalized spacial score (nSPS) is 14.3. The summed E-state index contributed by atoms with van der Waals surface area (Å²) in [6, 6.07) is -3.23. The molecule has 0 aliphatic carbocycles. The van der Waals surface area contributed by atoms with Gasteiger partial charge in [-0.2, -0.15) is 0 Å². The molecule has 518 valence electrons. The molecule has 93 heavy (non-hydrogen) atoms. The third-order valence-electron chi connectivity index (χ3n) is 14.9. The van der Waals surface area contributed by atoms with Crippen LogP contribution in [0.1, 0.15) is 131 Å². The minimum atomic E-state index is -1.51. The summed E-state index contributed by atoms with van der Waals surface area (Å²) in [5.41, 5.74) is 23.0. The van der Waals surface area contributed by atoms with Gasteiger partial charge in [-0.05, 0) is 87.3 Å². The van der Waals surface area contributed by atoms with E-state index in [1.165, 1.54) is 19.4 Å². The van der Waals surface area contributed by atoms with Crippen LogP contribution in [0.15, 0.2) is 42.9 Å². The van der Waals surface area contributed by atoms with Crippen LogP contribution >= 0.6 is 0 Å². The number of carbonyl (C=O) groups is 14. The van der Waals surface area contributed by atoms with E-state index >= 15 is 0 Å². The summed E-state index contributed by atoms with van der Waals surface area (Å²) in [4.78, 5) is 194. The molecular formula is C61H100N18O14. The maximum atomic E-state index is 14.4. The lowest BCUT2D eigenvalue weighted by molar-refractivity contribution is -0.136. The van der Waals surface area contributed by atoms with E-state index in [4.69, 9.17) is 22.9 Å². The molecule has 0 saturated heterocycles. The average molecular weight is 1310 g/mol. The van der Waals surface area contributed by atoms with Crippen molar-refractivity contribution in [1.82, 2.24) is 73.8 Å². The van der Waals surface area contributed by atoms with Crippen molar-refractivity contribution in [2.24, 2.45) is 46.6 Å². The Balaban J connectivity index is 2.37. The van der Waals surface area contributed by atoms with Gasteiger partial charge >= 0.3 is 0 Å². The highest BCUT2D eigenvalue weighted by Crippen LogP contribution is 2.15. The molecule has 1 heterocycles. The Morgan fingerprint density at radius 3 is 1.33 bits per heavy atom. The summed E-state index contributed by atoms with van der Waals surface area (Å²) >= 11 is 0. The lowest BCUT2D eigenvalue weighted by Gasteiger charge is -2.30. The van der Waals surface area contributed by atoms with Crippen molar-refractivity contribution in [3.8, 4) is 0 Å². The Bertz CT molecular complexity index is 2800. The van der Waals surface area contributed by atoms with Gasteiger partial charge in [-0.1, -0.05) is 92.1 Å². The number of nitrogens with one attached hydrogen (secondary N) is 13. The Morgan fingerprint density at radius 2 is 0.860 bits per heavy atom. The fourth-order valence-corrected chi connectivity index (χ4v) is 9.34. The number of unbranched alkanes of at least 4 members (excludes halogenated alkanes) is 2. The van der Waals surface area contributed by atoms with E-state index in [2.05, 4.69) is 73.8 Å². The van der Waals surface area contributed by atoms with Crippen LogP contribution in [0.25, 0.3) is 0 Å². The molecule has 1 aromatic heterocycles. The van der Waals surface area contributed by atoms with Crippen molar-refractivity contribution in [3.63, 3.8) is 0 Å². The number of benzene rings is 1. The van der Waals surface area contributed by atoms with E-state index in [1.807, 2.05) is 0 Å². The van der Waals surface area contributed by atoms with E-state index < -0.39 is 187 Å². The Morgan fingerprint density at radius 1 is 0.452 bits per heavy atom. The zero-order valence-corrected chi connectivity index (χ0v) is 54.8. The molecule has 32 heteroatoms. The summed E-state index contributed by atoms with van der Waals surface area (Å²) in [6.07, 6.45) is 4.36. The van der Waals surface area contributed by atoms with Crippen LogP contribution in [-0.4, -0.2) is 180 Å². The molecule has 1 aromatic carbocycles. The number of hydrogen-bond acceptors (Lipinski definition) is 17. The summed E-state index contributed by atoms with van der Waals surface area (Å²) in [7, 11) is 0. The van der Waals surface area contributed by atoms with Crippen LogP contribution in [-0.2, 0) is 80.0 Å². The summed E-state index contributed by atoms with van der Waals surface area (Å²) < 4.78 is 0. The van der Waals surface area contributed by atoms with E-state index in [-0.39, 0.29) is 32.1 Å². The van der Waals surface area contributed by atoms with Crippen molar-refractivity contribution < 1.29 is 67.1 Å². The van der Waals surface area contributed by atoms with Gasteiger partial charge in [-0.15, -0.1) is 0 Å². The topological polar surface area (TPSA) is 516 Å². The van der Waals surface area contributed by atoms with Gasteiger partial charge in [0.25, 0.3) is 0 Å². The van der Waals surface area contributed by atoms with Crippen molar-refractivity contribution in [2.75, 3.05) is 32.7 Å². The molecule has 21 N–H and O–H groups in total. The molecule has 0 aliphatic heterocycles. The third kappa shape index (κ3) is 30.3. The van der Waals surface area contributed by atoms with Crippen LogP contribution in [0.4, 0.5) is 0 Å². The molecule has 0 unspecified atom stereocenters. The smallest absolute Gasteiger partial charge is 0.243 e. The number of nitrogens with two attached hydrogens (primary N) is 4. The van der Waals surface area contributed by atoms with Crippen molar-refractivity contribution in [2.45, 2.75) is 187 Å². The summed E-state index contributed by atoms with van der Waals surface area (Å²) in [5.74, 6) is -13.3. The maximum absolute atomic E-state index is 14.4. The van der Waals surface area contributed by atoms with Gasteiger partial charge in [-0.25, -0.2) is 4.98 Å². The van der Waals surface area contributed by atoms with Gasteiger partial charge in [0, 0.05) is 38.1 Å². The highest BCUT2D eigenvalue weighted by molar-refractivity contribution is 5.99. The molecule has 0 fully saturated rings. The predicted octanol–water partition coefficient (Wildman–Crippen LogP) is -4.05. The van der Waals surface area contributed by atoms with Crippen molar-refractivity contribution >= 4 is 82.7 Å². The number of imidazole rings is 1. The van der Waals surface area contributed by atoms with Gasteiger partial charge in [0.1, 0.15) is 54.4 Å². The van der Waals surface area contributed by atoms with E-state index in [9.17, 15) is 67.1 Å². The number of primary amides is 2. The number of rotatable bonds is 44. The first-order chi connectivity index (χ1) is 43.9. The van der Waals surface area contributed by atoms with Gasteiger partial charge in [0.2, 0.25) is 82.7 Å². The number of carbonyl (C=O) groups excluding carboxylic acids is 14. The minimum absolute atomic E-state index is 0.122. The lowest BCUT2D eigenvalue weighted by atomic mass is 9.95. The molecule has 0 aliphatic rings. The Hall–Kier alpha value is -9.07. The number of aromatic nitrogens is 2. The second kappa shape index (κ2) is 42.1. The summed E-state index contributed by atoms with van der Waals surface area (Å²) in [6.45, 7) is 13.4. The number of nitrogens with zero attached hydrogens (tertiary/aromatic N) is 1. The molecule has 2 rings (SSSR count). The second-order valence-electron chi connectivity index (χ2n) is 23.8. The fraction of sp³-hybridized carbons (Fsp3) is 0.623. The molecule has 0 spiro atoms. The monoisotopic (exact) mass is 1310 g/mol. The van der Waals surface area contributed by atoms with Gasteiger partial charge < -0.3 is 91.7 Å². The van der Waals surface area contributed by atoms with Crippen LogP contribution in [0.5, 0.6) is 0 Å². The van der Waals surface area contributed by atoms with Gasteiger partial charge in [0.05, 0.1) is 26.0 Å². The predicted molar refractivity (Wildman–Crippen MR) is 342 cm³/mol. The molecule has 0 radical (unpaired) electrons. The quantitative estimate of drug-likeness (QED) is 0.0281. The molecular weight excluding hydrogens is 1210 g/mol. The van der Waals surface area contributed by atoms with E-state index in [0.717, 1.165) is 0 Å². The minimum Gasteiger partial charge on any atom is -0.370 e. The lowest BCUT2D eigenvalue weighted by Crippen LogP contribution is -2.61. The van der Waals surface area contributed by atoms with Crippen LogP contribution in [0.2, 0.25) is 0 Å². The number of hydrogen-bond donors (Lipinski definition) is 17. The Labute approximate surface area is 542 Å². The van der Waals surface area contributed by atoms with Gasteiger partial charge in [0.15, 0.2) is 0 Å². The maximum Gasteiger partial charge on any atom is 0.243 e. The molecule has 10 atom stereocenters. The number of aromatic amines is 1. The number of amides is 14. The van der Waals surface area contributed by atoms with E-state index in [1.54, 1.807) is 85.7 Å². The molecule has 0 bridgehead atoms. The molecule has 2 aromatic rings. The van der Waals surface area contributed by atoms with Gasteiger partial charge in [-0.3, -0.25) is 67.1 Å². The molecule has 32 nitrogen and oxygen atoms in total. The summed E-state index contributed by atoms with van der Waals surface area (Å²) in [5, 5.41) is 31.0.